The van der Waals surface area contributed by atoms with Crippen LogP contribution in [0.4, 0.5) is 0 Å². The van der Waals surface area contributed by atoms with E-state index in [1.54, 1.807) is 7.11 Å². The molecule has 0 radical (unpaired) electrons. The summed E-state index contributed by atoms with van der Waals surface area (Å²) in [6, 6.07) is 5.53. The summed E-state index contributed by atoms with van der Waals surface area (Å²) in [7, 11) is 1.61. The number of rotatable bonds is 8. The molecule has 0 aliphatic rings. The average Bonchev–Trinajstić information content (AvgIpc) is 2.39. The van der Waals surface area contributed by atoms with E-state index in [2.05, 4.69) is 5.32 Å². The van der Waals surface area contributed by atoms with Crippen molar-refractivity contribution in [2.45, 2.75) is 19.8 Å². The van der Waals surface area contributed by atoms with Gasteiger partial charge >= 0.3 is 0 Å². The second-order valence-corrected chi connectivity index (χ2v) is 4.61. The van der Waals surface area contributed by atoms with Gasteiger partial charge in [-0.25, -0.2) is 0 Å². The fourth-order valence-corrected chi connectivity index (χ4v) is 1.63. The zero-order chi connectivity index (χ0) is 14.1. The van der Waals surface area contributed by atoms with E-state index >= 15 is 0 Å². The minimum absolute atomic E-state index is 0.0212. The Morgan fingerprint density at radius 2 is 2.16 bits per heavy atom. The maximum atomic E-state index is 11.4. The summed E-state index contributed by atoms with van der Waals surface area (Å²) in [6.07, 6.45) is 1.14. The average molecular weight is 286 g/mol. The highest BCUT2D eigenvalue weighted by Crippen LogP contribution is 2.21. The van der Waals surface area contributed by atoms with Crippen molar-refractivity contribution in [2.75, 3.05) is 26.9 Å². The first-order valence-corrected chi connectivity index (χ1v) is 6.66. The van der Waals surface area contributed by atoms with Crippen molar-refractivity contribution >= 4 is 17.5 Å². The Morgan fingerprint density at radius 1 is 1.37 bits per heavy atom. The Kier molecular flexibility index (Phi) is 7.30. The Hall–Kier alpha value is -1.26. The predicted octanol–water partition coefficient (Wildman–Crippen LogP) is 2.57. The summed E-state index contributed by atoms with van der Waals surface area (Å²) in [5.74, 6) is 0.801. The first kappa shape index (κ1) is 15.8. The molecule has 1 aromatic rings. The molecule has 106 valence electrons. The van der Waals surface area contributed by atoms with Gasteiger partial charge in [0.1, 0.15) is 5.75 Å². The topological polar surface area (TPSA) is 47.6 Å². The molecule has 1 amide bonds. The third-order valence-electron chi connectivity index (χ3n) is 2.57. The Morgan fingerprint density at radius 3 is 2.84 bits per heavy atom. The van der Waals surface area contributed by atoms with E-state index < -0.39 is 0 Å². The van der Waals surface area contributed by atoms with Crippen LogP contribution in [0, 0.1) is 6.92 Å². The maximum absolute atomic E-state index is 11.4. The molecule has 4 nitrogen and oxygen atoms in total. The van der Waals surface area contributed by atoms with Gasteiger partial charge in [0.25, 0.3) is 0 Å². The van der Waals surface area contributed by atoms with Crippen LogP contribution < -0.4 is 10.1 Å². The molecule has 0 bridgehead atoms. The highest BCUT2D eigenvalue weighted by atomic mass is 35.5. The van der Waals surface area contributed by atoms with Crippen molar-refractivity contribution in [1.82, 2.24) is 5.32 Å². The van der Waals surface area contributed by atoms with Gasteiger partial charge in [0.2, 0.25) is 5.91 Å². The molecular weight excluding hydrogens is 266 g/mol. The van der Waals surface area contributed by atoms with Gasteiger partial charge in [0.05, 0.1) is 13.2 Å². The highest BCUT2D eigenvalue weighted by Gasteiger charge is 2.02. The van der Waals surface area contributed by atoms with Crippen LogP contribution in [-0.4, -0.2) is 32.8 Å². The van der Waals surface area contributed by atoms with Crippen molar-refractivity contribution in [1.29, 1.82) is 0 Å². The summed E-state index contributed by atoms with van der Waals surface area (Å²) in [4.78, 5) is 11.4. The number of ether oxygens (including phenoxy) is 2. The van der Waals surface area contributed by atoms with Gasteiger partial charge in [-0.2, -0.15) is 0 Å². The number of aryl methyl sites for hydroxylation is 1. The highest BCUT2D eigenvalue weighted by molar-refractivity contribution is 6.31. The minimum Gasteiger partial charge on any atom is -0.494 e. The minimum atomic E-state index is 0.0212. The Labute approximate surface area is 119 Å². The molecular formula is C14H20ClNO3. The number of hydrogen-bond acceptors (Lipinski definition) is 3. The second kappa shape index (κ2) is 8.77. The largest absolute Gasteiger partial charge is 0.494 e. The van der Waals surface area contributed by atoms with Gasteiger partial charge in [0.15, 0.2) is 0 Å². The molecule has 0 aliphatic heterocycles. The van der Waals surface area contributed by atoms with E-state index in [0.717, 1.165) is 16.3 Å². The lowest BCUT2D eigenvalue weighted by molar-refractivity contribution is -0.121. The van der Waals surface area contributed by atoms with Crippen molar-refractivity contribution < 1.29 is 14.3 Å². The second-order valence-electron chi connectivity index (χ2n) is 4.21. The van der Waals surface area contributed by atoms with E-state index in [4.69, 9.17) is 21.1 Å². The zero-order valence-corrected chi connectivity index (χ0v) is 12.1. The number of amides is 1. The molecule has 19 heavy (non-hydrogen) atoms. The number of carbonyl (C=O) groups excluding carboxylic acids is 1. The van der Waals surface area contributed by atoms with Crippen LogP contribution in [0.5, 0.6) is 5.75 Å². The SMILES string of the molecule is COCCNC(=O)CCCOc1ccc(Cl)c(C)c1. The monoisotopic (exact) mass is 285 g/mol. The molecule has 0 atom stereocenters. The third-order valence-corrected chi connectivity index (χ3v) is 3.00. The number of halogens is 1. The fraction of sp³-hybridized carbons (Fsp3) is 0.500. The fourth-order valence-electron chi connectivity index (χ4n) is 1.51. The summed E-state index contributed by atoms with van der Waals surface area (Å²) in [6.45, 7) is 3.52. The molecule has 0 aromatic heterocycles. The quantitative estimate of drug-likeness (QED) is 0.747. The van der Waals surface area contributed by atoms with Gasteiger partial charge in [0, 0.05) is 25.1 Å². The van der Waals surface area contributed by atoms with E-state index in [0.29, 0.717) is 32.6 Å². The van der Waals surface area contributed by atoms with E-state index in [9.17, 15) is 4.79 Å². The summed E-state index contributed by atoms with van der Waals surface area (Å²) in [5, 5.41) is 3.49. The summed E-state index contributed by atoms with van der Waals surface area (Å²) < 4.78 is 10.4. The van der Waals surface area contributed by atoms with Crippen molar-refractivity contribution in [3.05, 3.63) is 28.8 Å². The predicted molar refractivity (Wildman–Crippen MR) is 75.8 cm³/mol. The van der Waals surface area contributed by atoms with Crippen LogP contribution in [0.3, 0.4) is 0 Å². The molecule has 0 heterocycles. The lowest BCUT2D eigenvalue weighted by atomic mass is 10.2. The van der Waals surface area contributed by atoms with Crippen LogP contribution in [0.2, 0.25) is 5.02 Å². The van der Waals surface area contributed by atoms with E-state index in [-0.39, 0.29) is 5.91 Å². The summed E-state index contributed by atoms with van der Waals surface area (Å²) >= 11 is 5.93. The number of carbonyl (C=O) groups is 1. The molecule has 1 aromatic carbocycles. The number of benzene rings is 1. The van der Waals surface area contributed by atoms with Crippen LogP contribution in [0.15, 0.2) is 18.2 Å². The third kappa shape index (κ3) is 6.45. The normalized spacial score (nSPS) is 10.3. The molecule has 0 saturated carbocycles. The van der Waals surface area contributed by atoms with Crippen LogP contribution >= 0.6 is 11.6 Å². The molecule has 1 N–H and O–H groups in total. The molecule has 0 saturated heterocycles. The van der Waals surface area contributed by atoms with Gasteiger partial charge in [-0.3, -0.25) is 4.79 Å². The van der Waals surface area contributed by atoms with Gasteiger partial charge < -0.3 is 14.8 Å². The lowest BCUT2D eigenvalue weighted by Crippen LogP contribution is -2.26. The summed E-state index contributed by atoms with van der Waals surface area (Å²) in [5.41, 5.74) is 0.983. The van der Waals surface area contributed by atoms with Crippen LogP contribution in [0.25, 0.3) is 0 Å². The Balaban J connectivity index is 2.16. The Bertz CT molecular complexity index is 410. The van der Waals surface area contributed by atoms with Gasteiger partial charge in [-0.15, -0.1) is 0 Å². The van der Waals surface area contributed by atoms with Crippen molar-refractivity contribution in [3.63, 3.8) is 0 Å². The smallest absolute Gasteiger partial charge is 0.220 e. The number of methoxy groups -OCH3 is 1. The number of nitrogens with one attached hydrogen (secondary N) is 1. The molecule has 1 rings (SSSR count). The molecule has 0 unspecified atom stereocenters. The molecule has 0 fully saturated rings. The zero-order valence-electron chi connectivity index (χ0n) is 11.4. The number of hydrogen-bond donors (Lipinski definition) is 1. The molecule has 0 spiro atoms. The standard InChI is InChI=1S/C14H20ClNO3/c1-11-10-12(5-6-13(11)15)19-8-3-4-14(17)16-7-9-18-2/h5-6,10H,3-4,7-9H2,1-2H3,(H,16,17). The van der Waals surface area contributed by atoms with E-state index in [1.165, 1.54) is 0 Å². The maximum Gasteiger partial charge on any atom is 0.220 e. The van der Waals surface area contributed by atoms with Crippen molar-refractivity contribution in [2.24, 2.45) is 0 Å². The molecule has 5 heteroatoms. The van der Waals surface area contributed by atoms with Gasteiger partial charge in [-0.1, -0.05) is 11.6 Å². The van der Waals surface area contributed by atoms with Crippen LogP contribution in [-0.2, 0) is 9.53 Å². The van der Waals surface area contributed by atoms with E-state index in [1.807, 2.05) is 25.1 Å². The first-order chi connectivity index (χ1) is 9.13. The lowest BCUT2D eigenvalue weighted by Gasteiger charge is -2.08. The van der Waals surface area contributed by atoms with Gasteiger partial charge in [-0.05, 0) is 37.1 Å². The first-order valence-electron chi connectivity index (χ1n) is 6.28. The van der Waals surface area contributed by atoms with Crippen molar-refractivity contribution in [3.8, 4) is 5.75 Å². The molecule has 0 aliphatic carbocycles. The van der Waals surface area contributed by atoms with Crippen LogP contribution in [0.1, 0.15) is 18.4 Å².